The molecular weight excluding hydrogens is 304 g/mol. The monoisotopic (exact) mass is 328 g/mol. The number of carboxylic acid groups (broad SMARTS) is 1. The molecule has 4 nitrogen and oxygen atoms in total. The van der Waals surface area contributed by atoms with Gasteiger partial charge in [-0.1, -0.05) is 44.2 Å². The van der Waals surface area contributed by atoms with Crippen LogP contribution in [0.15, 0.2) is 48.5 Å². The molecule has 0 spiro atoms. The normalized spacial score (nSPS) is 12.0. The van der Waals surface area contributed by atoms with Gasteiger partial charge in [0.2, 0.25) is 0 Å². The van der Waals surface area contributed by atoms with Gasteiger partial charge in [-0.3, -0.25) is 0 Å². The van der Waals surface area contributed by atoms with E-state index in [0.717, 1.165) is 16.9 Å². The fourth-order valence-corrected chi connectivity index (χ4v) is 2.50. The van der Waals surface area contributed by atoms with Gasteiger partial charge in [-0.15, -0.1) is 0 Å². The number of ether oxygens (including phenoxy) is 2. The Bertz CT molecular complexity index is 662. The van der Waals surface area contributed by atoms with Gasteiger partial charge in [0.05, 0.1) is 6.61 Å². The number of benzene rings is 2. The Morgan fingerprint density at radius 2 is 1.75 bits per heavy atom. The molecule has 4 heteroatoms. The summed E-state index contributed by atoms with van der Waals surface area (Å²) in [7, 11) is 0. The quantitative estimate of drug-likeness (QED) is 0.785. The van der Waals surface area contributed by atoms with E-state index < -0.39 is 12.1 Å². The minimum Gasteiger partial charge on any atom is -0.494 e. The number of hydrogen-bond donors (Lipinski definition) is 1. The second-order valence-corrected chi connectivity index (χ2v) is 5.92. The van der Waals surface area contributed by atoms with Crippen LogP contribution >= 0.6 is 0 Å². The van der Waals surface area contributed by atoms with Crippen LogP contribution in [0.25, 0.3) is 0 Å². The van der Waals surface area contributed by atoms with E-state index in [4.69, 9.17) is 9.47 Å². The Hall–Kier alpha value is -2.49. The lowest BCUT2D eigenvalue weighted by atomic mass is 10.0. The highest BCUT2D eigenvalue weighted by atomic mass is 16.5. The van der Waals surface area contributed by atoms with Gasteiger partial charge in [0.25, 0.3) is 0 Å². The van der Waals surface area contributed by atoms with Crippen molar-refractivity contribution in [3.05, 3.63) is 59.7 Å². The summed E-state index contributed by atoms with van der Waals surface area (Å²) in [5.41, 5.74) is 1.91. The molecule has 1 atom stereocenters. The van der Waals surface area contributed by atoms with Crippen molar-refractivity contribution in [2.45, 2.75) is 39.2 Å². The average Bonchev–Trinajstić information content (AvgIpc) is 2.56. The third kappa shape index (κ3) is 4.75. The van der Waals surface area contributed by atoms with E-state index in [1.807, 2.05) is 55.5 Å². The molecule has 2 rings (SSSR count). The average molecular weight is 328 g/mol. The highest BCUT2D eigenvalue weighted by Crippen LogP contribution is 2.27. The molecule has 128 valence electrons. The van der Waals surface area contributed by atoms with E-state index in [0.29, 0.717) is 18.8 Å². The van der Waals surface area contributed by atoms with Gasteiger partial charge in [0.1, 0.15) is 11.5 Å². The van der Waals surface area contributed by atoms with Crippen LogP contribution in [0.4, 0.5) is 0 Å². The number of para-hydroxylation sites is 1. The van der Waals surface area contributed by atoms with Crippen LogP contribution in [0.2, 0.25) is 0 Å². The Labute approximate surface area is 143 Å². The predicted molar refractivity (Wildman–Crippen MR) is 93.9 cm³/mol. The Morgan fingerprint density at radius 3 is 2.33 bits per heavy atom. The smallest absolute Gasteiger partial charge is 0.345 e. The van der Waals surface area contributed by atoms with Crippen LogP contribution in [-0.4, -0.2) is 23.8 Å². The molecule has 1 unspecified atom stereocenters. The standard InChI is InChI=1S/C20H24O4/c1-4-23-16-11-9-15(10-12-16)13-19(20(21)22)24-18-8-6-5-7-17(18)14(2)3/h5-12,14,19H,4,13H2,1-3H3,(H,21,22). The Balaban J connectivity index is 2.14. The van der Waals surface area contributed by atoms with Crippen molar-refractivity contribution in [1.29, 1.82) is 0 Å². The van der Waals surface area contributed by atoms with Crippen LogP contribution in [0.5, 0.6) is 11.5 Å². The molecule has 0 aromatic heterocycles. The predicted octanol–water partition coefficient (Wildman–Crippen LogP) is 4.28. The zero-order chi connectivity index (χ0) is 17.5. The number of rotatable bonds is 8. The van der Waals surface area contributed by atoms with E-state index in [1.54, 1.807) is 0 Å². The van der Waals surface area contributed by atoms with Crippen molar-refractivity contribution >= 4 is 5.97 Å². The van der Waals surface area contributed by atoms with Crippen molar-refractivity contribution in [2.24, 2.45) is 0 Å². The molecule has 0 aliphatic heterocycles. The maximum absolute atomic E-state index is 11.6. The number of aliphatic carboxylic acids is 1. The largest absolute Gasteiger partial charge is 0.494 e. The second-order valence-electron chi connectivity index (χ2n) is 5.92. The lowest BCUT2D eigenvalue weighted by Gasteiger charge is -2.19. The molecule has 0 radical (unpaired) electrons. The van der Waals surface area contributed by atoms with Crippen molar-refractivity contribution in [1.82, 2.24) is 0 Å². The third-order valence-electron chi connectivity index (χ3n) is 3.74. The van der Waals surface area contributed by atoms with Crippen LogP contribution in [0.1, 0.15) is 37.8 Å². The first kappa shape index (κ1) is 17.9. The van der Waals surface area contributed by atoms with Gasteiger partial charge in [0.15, 0.2) is 6.10 Å². The summed E-state index contributed by atoms with van der Waals surface area (Å²) in [6.07, 6.45) is -0.628. The minimum atomic E-state index is -0.970. The molecule has 0 amide bonds. The molecule has 2 aromatic rings. The van der Waals surface area contributed by atoms with Gasteiger partial charge >= 0.3 is 5.97 Å². The zero-order valence-corrected chi connectivity index (χ0v) is 14.4. The van der Waals surface area contributed by atoms with Gasteiger partial charge in [-0.25, -0.2) is 4.79 Å². The maximum Gasteiger partial charge on any atom is 0.345 e. The van der Waals surface area contributed by atoms with Gasteiger partial charge in [0, 0.05) is 6.42 Å². The Morgan fingerprint density at radius 1 is 1.08 bits per heavy atom. The third-order valence-corrected chi connectivity index (χ3v) is 3.74. The van der Waals surface area contributed by atoms with Crippen molar-refractivity contribution < 1.29 is 19.4 Å². The molecular formula is C20H24O4. The van der Waals surface area contributed by atoms with Crippen LogP contribution in [0.3, 0.4) is 0 Å². The van der Waals surface area contributed by atoms with Gasteiger partial charge in [-0.05, 0) is 42.2 Å². The van der Waals surface area contributed by atoms with Crippen molar-refractivity contribution in [2.75, 3.05) is 6.61 Å². The van der Waals surface area contributed by atoms with Crippen LogP contribution in [-0.2, 0) is 11.2 Å². The molecule has 0 aliphatic carbocycles. The number of carbonyl (C=O) groups is 1. The summed E-state index contributed by atoms with van der Waals surface area (Å²) in [4.78, 5) is 11.6. The molecule has 24 heavy (non-hydrogen) atoms. The second kappa shape index (κ2) is 8.39. The molecule has 0 saturated heterocycles. The van der Waals surface area contributed by atoms with E-state index in [-0.39, 0.29) is 5.92 Å². The number of carboxylic acids is 1. The summed E-state index contributed by atoms with van der Waals surface area (Å²) in [5, 5.41) is 9.51. The van der Waals surface area contributed by atoms with Gasteiger partial charge < -0.3 is 14.6 Å². The molecule has 2 aromatic carbocycles. The van der Waals surface area contributed by atoms with E-state index in [2.05, 4.69) is 13.8 Å². The summed E-state index contributed by atoms with van der Waals surface area (Å²) < 4.78 is 11.2. The Kier molecular flexibility index (Phi) is 6.24. The summed E-state index contributed by atoms with van der Waals surface area (Å²) in [6.45, 7) is 6.65. The molecule has 0 heterocycles. The van der Waals surface area contributed by atoms with E-state index in [9.17, 15) is 9.90 Å². The van der Waals surface area contributed by atoms with Crippen LogP contribution < -0.4 is 9.47 Å². The zero-order valence-electron chi connectivity index (χ0n) is 14.4. The molecule has 0 fully saturated rings. The number of hydrogen-bond acceptors (Lipinski definition) is 3. The van der Waals surface area contributed by atoms with E-state index in [1.165, 1.54) is 0 Å². The van der Waals surface area contributed by atoms with Crippen LogP contribution in [0, 0.1) is 0 Å². The first-order valence-corrected chi connectivity index (χ1v) is 8.21. The van der Waals surface area contributed by atoms with Crippen molar-refractivity contribution in [3.8, 4) is 11.5 Å². The van der Waals surface area contributed by atoms with Gasteiger partial charge in [-0.2, -0.15) is 0 Å². The topological polar surface area (TPSA) is 55.8 Å². The van der Waals surface area contributed by atoms with E-state index >= 15 is 0 Å². The SMILES string of the molecule is CCOc1ccc(CC(Oc2ccccc2C(C)C)C(=O)O)cc1. The lowest BCUT2D eigenvalue weighted by Crippen LogP contribution is -2.29. The highest BCUT2D eigenvalue weighted by molar-refractivity contribution is 5.73. The summed E-state index contributed by atoms with van der Waals surface area (Å²) in [5.74, 6) is 0.702. The maximum atomic E-state index is 11.6. The summed E-state index contributed by atoms with van der Waals surface area (Å²) >= 11 is 0. The molecule has 1 N–H and O–H groups in total. The lowest BCUT2D eigenvalue weighted by molar-refractivity contribution is -0.145. The first-order valence-electron chi connectivity index (χ1n) is 8.21. The van der Waals surface area contributed by atoms with Crippen molar-refractivity contribution in [3.63, 3.8) is 0 Å². The molecule has 0 aliphatic rings. The fourth-order valence-electron chi connectivity index (χ4n) is 2.50. The molecule has 0 bridgehead atoms. The first-order chi connectivity index (χ1) is 11.5. The fraction of sp³-hybridized carbons (Fsp3) is 0.350. The minimum absolute atomic E-state index is 0.265. The summed E-state index contributed by atoms with van der Waals surface area (Å²) in [6, 6.07) is 15.0. The highest BCUT2D eigenvalue weighted by Gasteiger charge is 2.22. The molecule has 0 saturated carbocycles.